The predicted octanol–water partition coefficient (Wildman–Crippen LogP) is 2.15. The normalized spacial score (nSPS) is 20.0. The maximum absolute atomic E-state index is 12.3. The van der Waals surface area contributed by atoms with E-state index in [2.05, 4.69) is 9.97 Å². The van der Waals surface area contributed by atoms with E-state index in [1.54, 1.807) is 17.2 Å². The van der Waals surface area contributed by atoms with Crippen molar-refractivity contribution >= 4 is 16.9 Å². The molecule has 7 heteroatoms. The molecule has 1 aliphatic rings. The Morgan fingerprint density at radius 1 is 1.50 bits per heavy atom. The molecule has 22 heavy (non-hydrogen) atoms. The summed E-state index contributed by atoms with van der Waals surface area (Å²) in [5, 5.41) is 0.371. The van der Waals surface area contributed by atoms with Crippen molar-refractivity contribution < 1.29 is 13.7 Å². The first-order chi connectivity index (χ1) is 10.2. The van der Waals surface area contributed by atoms with Crippen molar-refractivity contribution in [2.45, 2.75) is 44.9 Å². The number of carbonyl (C=O) groups excluding carboxylic acids is 1. The number of amides is 1. The smallest absolute Gasteiger partial charge is 0.410 e. The van der Waals surface area contributed by atoms with Gasteiger partial charge in [0.25, 0.3) is 0 Å². The molecule has 0 radical (unpaired) electrons. The predicted molar refractivity (Wildman–Crippen MR) is 84.0 cm³/mol. The van der Waals surface area contributed by atoms with E-state index in [1.807, 2.05) is 27.7 Å². The number of likely N-dealkylation sites (tertiary alicyclic amines) is 1. The van der Waals surface area contributed by atoms with E-state index in [0.29, 0.717) is 24.0 Å². The van der Waals surface area contributed by atoms with Crippen LogP contribution in [-0.2, 0) is 15.5 Å². The van der Waals surface area contributed by atoms with Crippen LogP contribution in [0.25, 0.3) is 0 Å². The van der Waals surface area contributed by atoms with E-state index in [0.717, 1.165) is 12.1 Å². The van der Waals surface area contributed by atoms with Gasteiger partial charge in [-0.1, -0.05) is 0 Å². The van der Waals surface area contributed by atoms with Crippen molar-refractivity contribution in [3.63, 3.8) is 0 Å². The fourth-order valence-corrected chi connectivity index (χ4v) is 3.56. The Morgan fingerprint density at radius 2 is 2.23 bits per heavy atom. The van der Waals surface area contributed by atoms with Gasteiger partial charge in [-0.15, -0.1) is 0 Å². The van der Waals surface area contributed by atoms with E-state index in [4.69, 9.17) is 4.74 Å². The average molecular weight is 325 g/mol. The van der Waals surface area contributed by atoms with Crippen molar-refractivity contribution in [3.8, 4) is 0 Å². The molecular weight excluding hydrogens is 302 g/mol. The molecule has 0 spiro atoms. The van der Waals surface area contributed by atoms with E-state index < -0.39 is 16.4 Å². The number of carbonyl (C=O) groups is 1. The van der Waals surface area contributed by atoms with Gasteiger partial charge in [-0.25, -0.2) is 14.8 Å². The van der Waals surface area contributed by atoms with Crippen LogP contribution in [0.2, 0.25) is 0 Å². The summed E-state index contributed by atoms with van der Waals surface area (Å²) in [7, 11) is -1.23. The van der Waals surface area contributed by atoms with E-state index in [1.165, 1.54) is 0 Å². The molecule has 2 rings (SSSR count). The molecule has 1 aromatic rings. The fourth-order valence-electron chi connectivity index (χ4n) is 2.29. The second-order valence-corrected chi connectivity index (χ2v) is 7.96. The summed E-state index contributed by atoms with van der Waals surface area (Å²) in [5.41, 5.74) is 0.313. The number of rotatable bonds is 3. The van der Waals surface area contributed by atoms with Crippen LogP contribution < -0.4 is 0 Å². The molecule has 0 N–H and O–H groups in total. The summed E-state index contributed by atoms with van der Waals surface area (Å²) in [4.78, 5) is 22.0. The number of aryl methyl sites for hydroxylation is 1. The lowest BCUT2D eigenvalue weighted by atomic mass is 10.2. The van der Waals surface area contributed by atoms with E-state index in [9.17, 15) is 9.00 Å². The van der Waals surface area contributed by atoms with Crippen LogP contribution >= 0.6 is 0 Å². The molecule has 2 heterocycles. The van der Waals surface area contributed by atoms with Crippen LogP contribution in [0.3, 0.4) is 0 Å². The summed E-state index contributed by atoms with van der Waals surface area (Å²) < 4.78 is 17.7. The summed E-state index contributed by atoms with van der Waals surface area (Å²) in [5.74, 6) is 0.667. The summed E-state index contributed by atoms with van der Waals surface area (Å²) in [6.07, 6.45) is 2.15. The third-order valence-electron chi connectivity index (χ3n) is 3.30. The van der Waals surface area contributed by atoms with Gasteiger partial charge in [-0.3, -0.25) is 4.21 Å². The average Bonchev–Trinajstić information content (AvgIpc) is 2.85. The largest absolute Gasteiger partial charge is 0.444 e. The number of nitrogens with zero attached hydrogens (tertiary/aromatic N) is 3. The maximum atomic E-state index is 12.3. The monoisotopic (exact) mass is 325 g/mol. The zero-order valence-corrected chi connectivity index (χ0v) is 14.4. The van der Waals surface area contributed by atoms with Gasteiger partial charge in [0.05, 0.1) is 10.8 Å². The first-order valence-electron chi connectivity index (χ1n) is 7.40. The van der Waals surface area contributed by atoms with Gasteiger partial charge in [0.2, 0.25) is 5.16 Å². The molecule has 0 aromatic carbocycles. The van der Waals surface area contributed by atoms with Crippen LogP contribution in [-0.4, -0.2) is 49.6 Å². The number of aromatic nitrogens is 2. The Labute approximate surface area is 133 Å². The lowest BCUT2D eigenvalue weighted by molar-refractivity contribution is 0.0289. The van der Waals surface area contributed by atoms with Crippen molar-refractivity contribution in [2.24, 2.45) is 5.92 Å². The zero-order valence-electron chi connectivity index (χ0n) is 13.5. The topological polar surface area (TPSA) is 72.4 Å². The van der Waals surface area contributed by atoms with Gasteiger partial charge < -0.3 is 9.64 Å². The van der Waals surface area contributed by atoms with Gasteiger partial charge in [0.1, 0.15) is 5.60 Å². The first-order valence-corrected chi connectivity index (χ1v) is 8.72. The Morgan fingerprint density at radius 3 is 2.86 bits per heavy atom. The SMILES string of the molecule is Cc1ccnc([S@@](=O)C[C@H]2CCN(C(=O)OC(C)(C)C)C2)n1. The lowest BCUT2D eigenvalue weighted by Gasteiger charge is -2.24. The Bertz CT molecular complexity index is 571. The molecule has 1 aliphatic heterocycles. The first kappa shape index (κ1) is 16.9. The fraction of sp³-hybridized carbons (Fsp3) is 0.667. The second-order valence-electron chi connectivity index (χ2n) is 6.57. The van der Waals surface area contributed by atoms with Gasteiger partial charge in [0, 0.05) is 30.7 Å². The highest BCUT2D eigenvalue weighted by Gasteiger charge is 2.31. The highest BCUT2D eigenvalue weighted by molar-refractivity contribution is 7.84. The van der Waals surface area contributed by atoms with Crippen LogP contribution in [0.4, 0.5) is 4.79 Å². The highest BCUT2D eigenvalue weighted by atomic mass is 32.2. The summed E-state index contributed by atoms with van der Waals surface area (Å²) in [6.45, 7) is 8.62. The second kappa shape index (κ2) is 6.73. The molecule has 6 nitrogen and oxygen atoms in total. The summed E-state index contributed by atoms with van der Waals surface area (Å²) in [6, 6.07) is 1.78. The molecule has 0 unspecified atom stereocenters. The standard InChI is InChI=1S/C15H23N3O3S/c1-11-5-7-16-13(17-11)22(20)10-12-6-8-18(9-12)14(19)21-15(2,3)4/h5,7,12H,6,8-10H2,1-4H3/t12-,22-/m0/s1. The van der Waals surface area contributed by atoms with Gasteiger partial charge in [0.15, 0.2) is 0 Å². The van der Waals surface area contributed by atoms with Crippen molar-refractivity contribution in [1.29, 1.82) is 0 Å². The zero-order chi connectivity index (χ0) is 16.3. The highest BCUT2D eigenvalue weighted by Crippen LogP contribution is 2.21. The number of ether oxygens (including phenoxy) is 1. The van der Waals surface area contributed by atoms with Gasteiger partial charge in [-0.2, -0.15) is 0 Å². The molecule has 0 aliphatic carbocycles. The quantitative estimate of drug-likeness (QED) is 0.796. The molecule has 2 atom stereocenters. The molecular formula is C15H23N3O3S. The Kier molecular flexibility index (Phi) is 5.16. The Balaban J connectivity index is 1.88. The molecule has 1 saturated heterocycles. The third-order valence-corrected chi connectivity index (χ3v) is 4.68. The minimum absolute atomic E-state index is 0.192. The molecule has 0 bridgehead atoms. The van der Waals surface area contributed by atoms with Gasteiger partial charge in [-0.05, 0) is 46.1 Å². The van der Waals surface area contributed by atoms with Crippen LogP contribution in [0, 0.1) is 12.8 Å². The third kappa shape index (κ3) is 4.76. The molecule has 1 aromatic heterocycles. The van der Waals surface area contributed by atoms with E-state index in [-0.39, 0.29) is 12.0 Å². The number of hydrogen-bond acceptors (Lipinski definition) is 5. The van der Waals surface area contributed by atoms with Gasteiger partial charge >= 0.3 is 6.09 Å². The van der Waals surface area contributed by atoms with Crippen LogP contribution in [0.5, 0.6) is 0 Å². The Hall–Kier alpha value is -1.50. The molecule has 122 valence electrons. The minimum atomic E-state index is -1.23. The van der Waals surface area contributed by atoms with Crippen LogP contribution in [0.15, 0.2) is 17.4 Å². The number of hydrogen-bond donors (Lipinski definition) is 0. The van der Waals surface area contributed by atoms with E-state index >= 15 is 0 Å². The van der Waals surface area contributed by atoms with Crippen molar-refractivity contribution in [2.75, 3.05) is 18.8 Å². The molecule has 0 saturated carbocycles. The minimum Gasteiger partial charge on any atom is -0.444 e. The van der Waals surface area contributed by atoms with Crippen molar-refractivity contribution in [1.82, 2.24) is 14.9 Å². The summed E-state index contributed by atoms with van der Waals surface area (Å²) >= 11 is 0. The molecule has 1 amide bonds. The van der Waals surface area contributed by atoms with Crippen molar-refractivity contribution in [3.05, 3.63) is 18.0 Å². The molecule has 1 fully saturated rings. The lowest BCUT2D eigenvalue weighted by Crippen LogP contribution is -2.35. The van der Waals surface area contributed by atoms with Crippen LogP contribution in [0.1, 0.15) is 32.9 Å². The maximum Gasteiger partial charge on any atom is 0.410 e.